The van der Waals surface area contributed by atoms with E-state index < -0.39 is 0 Å². The van der Waals surface area contributed by atoms with Crippen LogP contribution in [0.4, 0.5) is 22.0 Å². The van der Waals surface area contributed by atoms with Gasteiger partial charge < -0.3 is 16.0 Å². The summed E-state index contributed by atoms with van der Waals surface area (Å²) in [7, 11) is 4.14. The maximum atomic E-state index is 12.5. The first-order chi connectivity index (χ1) is 16.9. The molecule has 0 aliphatic heterocycles. The Bertz CT molecular complexity index is 1140. The molecule has 3 aromatic rings. The Morgan fingerprint density at radius 1 is 1.00 bits per heavy atom. The Labute approximate surface area is 209 Å². The van der Waals surface area contributed by atoms with Gasteiger partial charge in [-0.05, 0) is 61.6 Å². The number of carbonyl (C=O) groups is 1. The zero-order chi connectivity index (χ0) is 24.9. The van der Waals surface area contributed by atoms with Crippen molar-refractivity contribution in [3.05, 3.63) is 59.7 Å². The number of pyridine rings is 1. The zero-order valence-electron chi connectivity index (χ0n) is 21.6. The largest absolute Gasteiger partial charge is 0.377 e. The third kappa shape index (κ3) is 5.53. The number of fused-ring (bicyclic) bond motifs is 1. The third-order valence-electron chi connectivity index (χ3n) is 7.32. The van der Waals surface area contributed by atoms with Gasteiger partial charge in [-0.3, -0.25) is 4.90 Å². The van der Waals surface area contributed by atoms with Crippen LogP contribution in [0.3, 0.4) is 0 Å². The fourth-order valence-electron chi connectivity index (χ4n) is 5.41. The van der Waals surface area contributed by atoms with Crippen LogP contribution in [0.15, 0.2) is 48.5 Å². The van der Waals surface area contributed by atoms with Crippen LogP contribution in [0.2, 0.25) is 0 Å². The molecule has 1 saturated carbocycles. The molecule has 3 N–H and O–H groups in total. The van der Waals surface area contributed by atoms with E-state index in [0.717, 1.165) is 60.9 Å². The van der Waals surface area contributed by atoms with Crippen LogP contribution in [0.25, 0.3) is 10.9 Å². The molecule has 186 valence electrons. The van der Waals surface area contributed by atoms with Gasteiger partial charge in [-0.15, -0.1) is 0 Å². The molecular formula is C29H39N5O. The second kappa shape index (κ2) is 11.0. The van der Waals surface area contributed by atoms with Gasteiger partial charge in [0.1, 0.15) is 5.82 Å². The lowest BCUT2D eigenvalue weighted by Gasteiger charge is -2.34. The van der Waals surface area contributed by atoms with E-state index in [-0.39, 0.29) is 6.03 Å². The first-order valence-corrected chi connectivity index (χ1v) is 12.9. The number of amides is 2. The predicted molar refractivity (Wildman–Crippen MR) is 148 cm³/mol. The number of hydrogen-bond acceptors (Lipinski definition) is 4. The van der Waals surface area contributed by atoms with E-state index in [9.17, 15) is 4.79 Å². The van der Waals surface area contributed by atoms with Crippen LogP contribution in [0, 0.1) is 5.92 Å². The summed E-state index contributed by atoms with van der Waals surface area (Å²) in [6.45, 7) is 4.96. The lowest BCUT2D eigenvalue weighted by molar-refractivity contribution is 0.250. The smallest absolute Gasteiger partial charge is 0.319 e. The quantitative estimate of drug-likeness (QED) is 0.422. The van der Waals surface area contributed by atoms with Crippen molar-refractivity contribution in [1.82, 2.24) is 4.98 Å². The van der Waals surface area contributed by atoms with Crippen LogP contribution in [0.5, 0.6) is 0 Å². The SMILES string of the molecule is CCc1cccc(CC)c1N(CC1CCC(Nc2cc(N(C)C)c3ccccc3n2)CC1)C(N)=O. The Balaban J connectivity index is 1.44. The van der Waals surface area contributed by atoms with Crippen molar-refractivity contribution in [2.45, 2.75) is 58.4 Å². The van der Waals surface area contributed by atoms with E-state index in [1.54, 1.807) is 0 Å². The van der Waals surface area contributed by atoms with E-state index >= 15 is 0 Å². The molecular weight excluding hydrogens is 434 g/mol. The number of nitrogens with two attached hydrogens (primary N) is 1. The first-order valence-electron chi connectivity index (χ1n) is 12.9. The Morgan fingerprint density at radius 2 is 1.66 bits per heavy atom. The molecule has 1 aliphatic rings. The number of primary amides is 1. The highest BCUT2D eigenvalue weighted by molar-refractivity contribution is 5.93. The van der Waals surface area contributed by atoms with E-state index in [0.29, 0.717) is 18.5 Å². The van der Waals surface area contributed by atoms with Gasteiger partial charge in [0.25, 0.3) is 0 Å². The molecule has 2 amide bonds. The minimum absolute atomic E-state index is 0.350. The highest BCUT2D eigenvalue weighted by Gasteiger charge is 2.27. The molecule has 6 nitrogen and oxygen atoms in total. The lowest BCUT2D eigenvalue weighted by atomic mass is 9.85. The van der Waals surface area contributed by atoms with Crippen molar-refractivity contribution in [1.29, 1.82) is 0 Å². The normalized spacial score (nSPS) is 17.8. The number of nitrogens with one attached hydrogen (secondary N) is 1. The van der Waals surface area contributed by atoms with Gasteiger partial charge in [0.15, 0.2) is 0 Å². The molecule has 1 aromatic heterocycles. The van der Waals surface area contributed by atoms with Crippen LogP contribution in [-0.2, 0) is 12.8 Å². The van der Waals surface area contributed by atoms with Crippen molar-refractivity contribution < 1.29 is 4.79 Å². The highest BCUT2D eigenvalue weighted by Crippen LogP contribution is 2.33. The molecule has 1 aliphatic carbocycles. The molecule has 0 unspecified atom stereocenters. The van der Waals surface area contributed by atoms with Gasteiger partial charge >= 0.3 is 6.03 Å². The number of benzene rings is 2. The molecule has 0 saturated heterocycles. The fourth-order valence-corrected chi connectivity index (χ4v) is 5.41. The number of rotatable bonds is 8. The summed E-state index contributed by atoms with van der Waals surface area (Å²) < 4.78 is 0. The van der Waals surface area contributed by atoms with E-state index in [4.69, 9.17) is 10.7 Å². The molecule has 1 fully saturated rings. The molecule has 0 bridgehead atoms. The Morgan fingerprint density at radius 3 is 2.26 bits per heavy atom. The van der Waals surface area contributed by atoms with Crippen LogP contribution < -0.4 is 20.9 Å². The summed E-state index contributed by atoms with van der Waals surface area (Å²) in [5, 5.41) is 4.85. The van der Waals surface area contributed by atoms with E-state index in [1.165, 1.54) is 16.8 Å². The van der Waals surface area contributed by atoms with Gasteiger partial charge in [-0.25, -0.2) is 9.78 Å². The molecule has 0 atom stereocenters. The number of urea groups is 1. The van der Waals surface area contributed by atoms with E-state index in [1.807, 2.05) is 11.0 Å². The Kier molecular flexibility index (Phi) is 7.79. The Hall–Kier alpha value is -3.28. The number of aryl methyl sites for hydroxylation is 2. The number of aromatic nitrogens is 1. The van der Waals surface area contributed by atoms with Gasteiger partial charge in [-0.1, -0.05) is 50.2 Å². The topological polar surface area (TPSA) is 74.5 Å². The molecule has 4 rings (SSSR count). The minimum Gasteiger partial charge on any atom is -0.377 e. The molecule has 1 heterocycles. The first kappa shape index (κ1) is 24.8. The summed E-state index contributed by atoms with van der Waals surface area (Å²) in [6, 6.07) is 16.8. The van der Waals surface area contributed by atoms with Crippen LogP contribution in [0.1, 0.15) is 50.7 Å². The van der Waals surface area contributed by atoms with Crippen molar-refractivity contribution in [2.75, 3.05) is 35.8 Å². The standard InChI is InChI=1S/C29H39N5O/c1-5-21-10-9-11-22(6-2)28(21)34(29(30)35)19-20-14-16-23(17-15-20)31-27-18-26(33(3)4)24-12-7-8-13-25(24)32-27/h7-13,18,20,23H,5-6,14-17,19H2,1-4H3,(H2,30,35)(H,31,32). The number of hydrogen-bond donors (Lipinski definition) is 2. The third-order valence-corrected chi connectivity index (χ3v) is 7.32. The summed E-state index contributed by atoms with van der Waals surface area (Å²) in [6.07, 6.45) is 6.00. The maximum absolute atomic E-state index is 12.5. The van der Waals surface area contributed by atoms with Crippen molar-refractivity contribution >= 4 is 34.1 Å². The average Bonchev–Trinajstić information content (AvgIpc) is 2.87. The molecule has 35 heavy (non-hydrogen) atoms. The monoisotopic (exact) mass is 473 g/mol. The van der Waals surface area contributed by atoms with Crippen LogP contribution >= 0.6 is 0 Å². The van der Waals surface area contributed by atoms with Gasteiger partial charge in [0, 0.05) is 43.8 Å². The number of anilines is 3. The number of carbonyl (C=O) groups excluding carboxylic acids is 1. The fraction of sp³-hybridized carbons (Fsp3) is 0.448. The summed E-state index contributed by atoms with van der Waals surface area (Å²) in [5.74, 6) is 1.37. The predicted octanol–water partition coefficient (Wildman–Crippen LogP) is 5.98. The maximum Gasteiger partial charge on any atom is 0.319 e. The van der Waals surface area contributed by atoms with Crippen molar-refractivity contribution in [2.24, 2.45) is 11.7 Å². The molecule has 0 spiro atoms. The second-order valence-corrected chi connectivity index (χ2v) is 9.88. The van der Waals surface area contributed by atoms with Crippen LogP contribution in [-0.4, -0.2) is 37.7 Å². The number of nitrogens with zero attached hydrogens (tertiary/aromatic N) is 3. The average molecular weight is 474 g/mol. The van der Waals surface area contributed by atoms with Gasteiger partial charge in [0.05, 0.1) is 11.2 Å². The highest BCUT2D eigenvalue weighted by atomic mass is 16.2. The lowest BCUT2D eigenvalue weighted by Crippen LogP contribution is -2.42. The second-order valence-electron chi connectivity index (χ2n) is 9.88. The zero-order valence-corrected chi connectivity index (χ0v) is 21.6. The molecule has 0 radical (unpaired) electrons. The summed E-state index contributed by atoms with van der Waals surface area (Å²) >= 11 is 0. The number of para-hydroxylation sites is 2. The molecule has 6 heteroatoms. The minimum atomic E-state index is -0.350. The van der Waals surface area contributed by atoms with Crippen molar-refractivity contribution in [3.63, 3.8) is 0 Å². The molecule has 2 aromatic carbocycles. The summed E-state index contributed by atoms with van der Waals surface area (Å²) in [4.78, 5) is 21.4. The van der Waals surface area contributed by atoms with Gasteiger partial charge in [0.2, 0.25) is 0 Å². The van der Waals surface area contributed by atoms with Gasteiger partial charge in [-0.2, -0.15) is 0 Å². The van der Waals surface area contributed by atoms with E-state index in [2.05, 4.69) is 80.6 Å². The van der Waals surface area contributed by atoms with Crippen molar-refractivity contribution in [3.8, 4) is 0 Å². The summed E-state index contributed by atoms with van der Waals surface area (Å²) in [5.41, 5.74) is 11.5.